The average molecular weight is 426 g/mol. The zero-order valence-electron chi connectivity index (χ0n) is 18.3. The number of likely N-dealkylation sites (tertiary alicyclic amines) is 1. The Labute approximate surface area is 184 Å². The van der Waals surface area contributed by atoms with E-state index >= 15 is 0 Å². The summed E-state index contributed by atoms with van der Waals surface area (Å²) in [6, 6.07) is 9.91. The third kappa shape index (κ3) is 5.45. The van der Waals surface area contributed by atoms with Gasteiger partial charge in [-0.2, -0.15) is 0 Å². The van der Waals surface area contributed by atoms with Crippen molar-refractivity contribution in [3.05, 3.63) is 71.4 Å². The molecule has 31 heavy (non-hydrogen) atoms. The minimum absolute atomic E-state index is 0.166. The quantitative estimate of drug-likeness (QED) is 0.591. The molecule has 2 heterocycles. The number of anilines is 2. The second-order valence-corrected chi connectivity index (χ2v) is 9.06. The Morgan fingerprint density at radius 3 is 2.52 bits per heavy atom. The molecule has 0 aliphatic carbocycles. The van der Waals surface area contributed by atoms with Gasteiger partial charge in [-0.1, -0.05) is 25.1 Å². The van der Waals surface area contributed by atoms with E-state index in [1.165, 1.54) is 30.9 Å². The molecule has 3 nitrogen and oxygen atoms in total. The van der Waals surface area contributed by atoms with Gasteiger partial charge in [0.1, 0.15) is 11.6 Å². The van der Waals surface area contributed by atoms with E-state index in [1.807, 2.05) is 12.1 Å². The summed E-state index contributed by atoms with van der Waals surface area (Å²) in [6.07, 6.45) is 7.68. The molecule has 2 aromatic rings. The summed E-state index contributed by atoms with van der Waals surface area (Å²) in [4.78, 5) is 4.68. The number of rotatable bonds is 7. The molecule has 0 aromatic heterocycles. The maximum Gasteiger partial charge on any atom is 0.125 e. The fourth-order valence-corrected chi connectivity index (χ4v) is 5.08. The van der Waals surface area contributed by atoms with Gasteiger partial charge >= 0.3 is 0 Å². The smallest absolute Gasteiger partial charge is 0.125 e. The van der Waals surface area contributed by atoms with E-state index in [1.54, 1.807) is 18.2 Å². The highest BCUT2D eigenvalue weighted by Crippen LogP contribution is 2.36. The minimum atomic E-state index is -0.259. The van der Waals surface area contributed by atoms with Crippen LogP contribution in [0, 0.1) is 17.6 Å². The fraction of sp³-hybridized carbons (Fsp3) is 0.462. The maximum absolute atomic E-state index is 13.7. The molecule has 2 aliphatic rings. The number of nitrogens with two attached hydrogens (primary N) is 1. The molecule has 2 aromatic carbocycles. The molecule has 0 amide bonds. The number of nitrogen functional groups attached to an aromatic ring is 1. The number of hydrogen-bond acceptors (Lipinski definition) is 3. The summed E-state index contributed by atoms with van der Waals surface area (Å²) in [5.74, 6) is 0.338. The highest BCUT2D eigenvalue weighted by Gasteiger charge is 2.25. The standard InChI is InChI=1S/C26H33F2N3/c1-19(31-13-3-6-22-16-24(28)17-25(29)26(22)31)18-30-14-11-21(12-15-30)5-2-4-20-7-9-23(27)10-8-20/h7-10,16-17,21H,1-6,11-15,18,29H2. The van der Waals surface area contributed by atoms with Crippen LogP contribution in [0.5, 0.6) is 0 Å². The van der Waals surface area contributed by atoms with Crippen LogP contribution in [0.25, 0.3) is 0 Å². The van der Waals surface area contributed by atoms with Gasteiger partial charge in [0.25, 0.3) is 0 Å². The number of aryl methyl sites for hydroxylation is 2. The van der Waals surface area contributed by atoms with Crippen molar-refractivity contribution in [3.8, 4) is 0 Å². The molecule has 0 unspecified atom stereocenters. The molecule has 0 spiro atoms. The largest absolute Gasteiger partial charge is 0.397 e. The first-order chi connectivity index (χ1) is 15.0. The predicted molar refractivity (Wildman–Crippen MR) is 124 cm³/mol. The highest BCUT2D eigenvalue weighted by atomic mass is 19.1. The van der Waals surface area contributed by atoms with Gasteiger partial charge in [0.2, 0.25) is 0 Å². The zero-order valence-corrected chi connectivity index (χ0v) is 18.3. The molecule has 2 aliphatic heterocycles. The van der Waals surface area contributed by atoms with E-state index in [4.69, 9.17) is 5.73 Å². The summed E-state index contributed by atoms with van der Waals surface area (Å²) in [6.45, 7) is 8.24. The van der Waals surface area contributed by atoms with E-state index < -0.39 is 0 Å². The van der Waals surface area contributed by atoms with Crippen molar-refractivity contribution in [1.29, 1.82) is 0 Å². The van der Waals surface area contributed by atoms with Crippen molar-refractivity contribution in [2.45, 2.75) is 44.9 Å². The number of fused-ring (bicyclic) bond motifs is 1. The third-order valence-corrected chi connectivity index (χ3v) is 6.77. The van der Waals surface area contributed by atoms with E-state index in [2.05, 4.69) is 16.4 Å². The molecular formula is C26H33F2N3. The van der Waals surface area contributed by atoms with E-state index in [0.29, 0.717) is 5.69 Å². The van der Waals surface area contributed by atoms with Gasteiger partial charge in [-0.05, 0) is 92.9 Å². The summed E-state index contributed by atoms with van der Waals surface area (Å²) < 4.78 is 26.8. The Hall–Kier alpha value is -2.40. The number of benzene rings is 2. The molecule has 2 N–H and O–H groups in total. The molecule has 0 bridgehead atoms. The number of hydrogen-bond donors (Lipinski definition) is 1. The van der Waals surface area contributed by atoms with Gasteiger partial charge in [0.15, 0.2) is 0 Å². The second kappa shape index (κ2) is 9.82. The lowest BCUT2D eigenvalue weighted by molar-refractivity contribution is 0.189. The van der Waals surface area contributed by atoms with Gasteiger partial charge in [-0.3, -0.25) is 4.90 Å². The van der Waals surface area contributed by atoms with Crippen molar-refractivity contribution in [2.24, 2.45) is 5.92 Å². The minimum Gasteiger partial charge on any atom is -0.397 e. The van der Waals surface area contributed by atoms with Crippen LogP contribution in [0.15, 0.2) is 48.7 Å². The average Bonchev–Trinajstić information content (AvgIpc) is 2.75. The van der Waals surface area contributed by atoms with E-state index in [9.17, 15) is 8.78 Å². The normalized spacial score (nSPS) is 17.5. The first kappa shape index (κ1) is 21.8. The van der Waals surface area contributed by atoms with Crippen molar-refractivity contribution >= 4 is 11.4 Å². The summed E-state index contributed by atoms with van der Waals surface area (Å²) >= 11 is 0. The predicted octanol–water partition coefficient (Wildman–Crippen LogP) is 5.55. The molecular weight excluding hydrogens is 392 g/mol. The Kier molecular flexibility index (Phi) is 6.91. The van der Waals surface area contributed by atoms with Crippen LogP contribution in [0.4, 0.5) is 20.2 Å². The van der Waals surface area contributed by atoms with Gasteiger partial charge in [-0.15, -0.1) is 0 Å². The van der Waals surface area contributed by atoms with Crippen LogP contribution in [-0.4, -0.2) is 31.1 Å². The third-order valence-electron chi connectivity index (χ3n) is 6.77. The Balaban J connectivity index is 1.24. The van der Waals surface area contributed by atoms with Gasteiger partial charge in [0.05, 0.1) is 11.4 Å². The fourth-order valence-electron chi connectivity index (χ4n) is 5.08. The summed E-state index contributed by atoms with van der Waals surface area (Å²) in [5.41, 5.74) is 10.9. The lowest BCUT2D eigenvalue weighted by Crippen LogP contribution is -2.39. The van der Waals surface area contributed by atoms with E-state index in [-0.39, 0.29) is 11.6 Å². The van der Waals surface area contributed by atoms with Crippen LogP contribution >= 0.6 is 0 Å². The summed E-state index contributed by atoms with van der Waals surface area (Å²) in [7, 11) is 0. The van der Waals surface area contributed by atoms with Crippen molar-refractivity contribution in [2.75, 3.05) is 36.8 Å². The van der Waals surface area contributed by atoms with Crippen molar-refractivity contribution in [3.63, 3.8) is 0 Å². The number of piperidine rings is 1. The Morgan fingerprint density at radius 1 is 1.03 bits per heavy atom. The molecule has 0 radical (unpaired) electrons. The molecule has 5 heteroatoms. The number of nitrogens with zero attached hydrogens (tertiary/aromatic N) is 2. The van der Waals surface area contributed by atoms with Crippen molar-refractivity contribution in [1.82, 2.24) is 4.90 Å². The summed E-state index contributed by atoms with van der Waals surface area (Å²) in [5, 5.41) is 0. The molecule has 166 valence electrons. The topological polar surface area (TPSA) is 32.5 Å². The Morgan fingerprint density at radius 2 is 1.77 bits per heavy atom. The van der Waals surface area contributed by atoms with Crippen LogP contribution < -0.4 is 10.6 Å². The molecule has 1 fully saturated rings. The number of halogens is 2. The first-order valence-electron chi connectivity index (χ1n) is 11.5. The second-order valence-electron chi connectivity index (χ2n) is 9.06. The maximum atomic E-state index is 13.7. The van der Waals surface area contributed by atoms with Gasteiger partial charge < -0.3 is 10.6 Å². The van der Waals surface area contributed by atoms with Crippen LogP contribution in [-0.2, 0) is 12.8 Å². The lowest BCUT2D eigenvalue weighted by atomic mass is 9.90. The van der Waals surface area contributed by atoms with E-state index in [0.717, 1.165) is 74.7 Å². The van der Waals surface area contributed by atoms with Crippen molar-refractivity contribution < 1.29 is 8.78 Å². The Bertz CT molecular complexity index is 902. The molecule has 1 saturated heterocycles. The van der Waals surface area contributed by atoms with Crippen LogP contribution in [0.3, 0.4) is 0 Å². The molecule has 0 atom stereocenters. The molecule has 0 saturated carbocycles. The lowest BCUT2D eigenvalue weighted by Gasteiger charge is -2.38. The van der Waals surface area contributed by atoms with Gasteiger partial charge in [-0.25, -0.2) is 8.78 Å². The van der Waals surface area contributed by atoms with Crippen LogP contribution in [0.2, 0.25) is 0 Å². The van der Waals surface area contributed by atoms with Crippen LogP contribution in [0.1, 0.15) is 43.2 Å². The first-order valence-corrected chi connectivity index (χ1v) is 11.5. The zero-order chi connectivity index (χ0) is 21.8. The highest BCUT2D eigenvalue weighted by molar-refractivity contribution is 5.75. The SMILES string of the molecule is C=C(CN1CCC(CCCc2ccc(F)cc2)CC1)N1CCCc2cc(F)cc(N)c21. The monoisotopic (exact) mass is 425 g/mol. The van der Waals surface area contributed by atoms with Gasteiger partial charge in [0, 0.05) is 18.8 Å². The molecule has 4 rings (SSSR count).